The number of amides is 1. The summed E-state index contributed by atoms with van der Waals surface area (Å²) in [6.45, 7) is 2.09. The number of benzene rings is 2. The second-order valence-electron chi connectivity index (χ2n) is 6.16. The molecule has 0 aliphatic carbocycles. The summed E-state index contributed by atoms with van der Waals surface area (Å²) in [5.41, 5.74) is 1.97. The molecule has 1 fully saturated rings. The topological polar surface area (TPSA) is 59.2 Å². The number of anilines is 1. The first-order valence-corrected chi connectivity index (χ1v) is 8.07. The predicted octanol–water partition coefficient (Wildman–Crippen LogP) is 3.70. The molecule has 2 heterocycles. The van der Waals surface area contributed by atoms with Crippen molar-refractivity contribution in [1.82, 2.24) is 10.1 Å². The van der Waals surface area contributed by atoms with Gasteiger partial charge in [0, 0.05) is 24.2 Å². The second kappa shape index (κ2) is 6.12. The van der Waals surface area contributed by atoms with Crippen LogP contribution in [0, 0.1) is 12.7 Å². The van der Waals surface area contributed by atoms with Gasteiger partial charge in [0.25, 0.3) is 0 Å². The minimum Gasteiger partial charge on any atom is -0.339 e. The largest absolute Gasteiger partial charge is 0.339 e. The van der Waals surface area contributed by atoms with Crippen molar-refractivity contribution in [3.63, 3.8) is 0 Å². The summed E-state index contributed by atoms with van der Waals surface area (Å²) in [5.74, 6) is 0.345. The van der Waals surface area contributed by atoms with Gasteiger partial charge < -0.3 is 9.42 Å². The first-order chi connectivity index (χ1) is 12.1. The molecule has 0 N–H and O–H groups in total. The van der Waals surface area contributed by atoms with Crippen molar-refractivity contribution in [3.8, 4) is 11.4 Å². The Balaban J connectivity index is 1.56. The first-order valence-electron chi connectivity index (χ1n) is 8.07. The van der Waals surface area contributed by atoms with Crippen LogP contribution >= 0.6 is 0 Å². The van der Waals surface area contributed by atoms with Gasteiger partial charge in [-0.3, -0.25) is 4.79 Å². The molecule has 0 saturated carbocycles. The zero-order chi connectivity index (χ0) is 17.4. The van der Waals surface area contributed by atoms with E-state index in [-0.39, 0.29) is 24.1 Å². The number of aromatic nitrogens is 2. The van der Waals surface area contributed by atoms with Crippen molar-refractivity contribution in [2.75, 3.05) is 11.4 Å². The average Bonchev–Trinajstić information content (AvgIpc) is 3.25. The third-order valence-corrected chi connectivity index (χ3v) is 4.42. The lowest BCUT2D eigenvalue weighted by Crippen LogP contribution is -2.24. The number of hydrogen-bond acceptors (Lipinski definition) is 4. The molecule has 0 bridgehead atoms. The van der Waals surface area contributed by atoms with Crippen molar-refractivity contribution >= 4 is 11.6 Å². The smallest absolute Gasteiger partial charge is 0.232 e. The van der Waals surface area contributed by atoms with Crippen molar-refractivity contribution in [2.45, 2.75) is 19.3 Å². The molecule has 1 unspecified atom stereocenters. The molecule has 1 amide bonds. The van der Waals surface area contributed by atoms with E-state index in [9.17, 15) is 9.18 Å². The molecule has 1 aliphatic heterocycles. The molecule has 1 saturated heterocycles. The normalized spacial score (nSPS) is 17.3. The molecule has 4 rings (SSSR count). The highest BCUT2D eigenvalue weighted by Gasteiger charge is 2.35. The van der Waals surface area contributed by atoms with Gasteiger partial charge in [-0.25, -0.2) is 4.39 Å². The molecule has 1 aliphatic rings. The van der Waals surface area contributed by atoms with E-state index in [1.54, 1.807) is 24.0 Å². The van der Waals surface area contributed by atoms with Crippen molar-refractivity contribution in [3.05, 3.63) is 65.8 Å². The van der Waals surface area contributed by atoms with Crippen LogP contribution in [0.5, 0.6) is 0 Å². The predicted molar refractivity (Wildman–Crippen MR) is 90.6 cm³/mol. The lowest BCUT2D eigenvalue weighted by Gasteiger charge is -2.16. The SMILES string of the molecule is Cc1ccc(N2CC(c3nc(-c4ccccc4)no3)CC2=O)cc1F. The van der Waals surface area contributed by atoms with Crippen LogP contribution in [0.25, 0.3) is 11.4 Å². The van der Waals surface area contributed by atoms with Crippen LogP contribution in [-0.2, 0) is 4.79 Å². The third-order valence-electron chi connectivity index (χ3n) is 4.42. The number of carbonyl (C=O) groups is 1. The van der Waals surface area contributed by atoms with Crippen LogP contribution in [-0.4, -0.2) is 22.6 Å². The number of halogens is 1. The van der Waals surface area contributed by atoms with Gasteiger partial charge in [0.15, 0.2) is 0 Å². The molecular weight excluding hydrogens is 321 g/mol. The van der Waals surface area contributed by atoms with E-state index in [4.69, 9.17) is 4.52 Å². The Morgan fingerprint density at radius 3 is 2.76 bits per heavy atom. The molecule has 3 aromatic rings. The van der Waals surface area contributed by atoms with Gasteiger partial charge in [-0.2, -0.15) is 4.98 Å². The lowest BCUT2D eigenvalue weighted by atomic mass is 10.1. The minimum atomic E-state index is -0.321. The zero-order valence-electron chi connectivity index (χ0n) is 13.6. The van der Waals surface area contributed by atoms with Gasteiger partial charge in [0.2, 0.25) is 17.6 Å². The van der Waals surface area contributed by atoms with Crippen LogP contribution in [0.4, 0.5) is 10.1 Å². The molecule has 2 aromatic carbocycles. The Hall–Kier alpha value is -3.02. The van der Waals surface area contributed by atoms with E-state index in [1.165, 1.54) is 6.07 Å². The molecule has 1 aromatic heterocycles. The molecule has 0 spiro atoms. The average molecular weight is 337 g/mol. The maximum atomic E-state index is 13.8. The Kier molecular flexibility index (Phi) is 3.80. The second-order valence-corrected chi connectivity index (χ2v) is 6.16. The van der Waals surface area contributed by atoms with Crippen LogP contribution in [0.15, 0.2) is 53.1 Å². The Morgan fingerprint density at radius 1 is 1.20 bits per heavy atom. The monoisotopic (exact) mass is 337 g/mol. The van der Waals surface area contributed by atoms with E-state index >= 15 is 0 Å². The van der Waals surface area contributed by atoms with Gasteiger partial charge in [-0.05, 0) is 24.6 Å². The molecule has 126 valence electrons. The highest BCUT2D eigenvalue weighted by molar-refractivity contribution is 5.96. The molecular formula is C19H16FN3O2. The van der Waals surface area contributed by atoms with Crippen molar-refractivity contribution in [2.24, 2.45) is 0 Å². The maximum absolute atomic E-state index is 13.8. The van der Waals surface area contributed by atoms with Crippen LogP contribution in [0.1, 0.15) is 23.8 Å². The number of nitrogens with zero attached hydrogens (tertiary/aromatic N) is 3. The highest BCUT2D eigenvalue weighted by Crippen LogP contribution is 2.32. The first kappa shape index (κ1) is 15.5. The molecule has 1 atom stereocenters. The summed E-state index contributed by atoms with van der Waals surface area (Å²) in [6.07, 6.45) is 0.270. The van der Waals surface area contributed by atoms with Crippen LogP contribution in [0.2, 0.25) is 0 Å². The van der Waals surface area contributed by atoms with E-state index < -0.39 is 0 Å². The van der Waals surface area contributed by atoms with Gasteiger partial charge in [-0.1, -0.05) is 41.6 Å². The standard InChI is InChI=1S/C19H16FN3O2/c1-12-7-8-15(10-16(12)20)23-11-14(9-17(23)24)19-21-18(22-25-19)13-5-3-2-4-6-13/h2-8,10,14H,9,11H2,1H3. The number of aryl methyl sites for hydroxylation is 1. The van der Waals surface area contributed by atoms with E-state index in [0.717, 1.165) is 5.56 Å². The summed E-state index contributed by atoms with van der Waals surface area (Å²) in [5, 5.41) is 4.00. The number of carbonyl (C=O) groups excluding carboxylic acids is 1. The quantitative estimate of drug-likeness (QED) is 0.731. The lowest BCUT2D eigenvalue weighted by molar-refractivity contribution is -0.117. The highest BCUT2D eigenvalue weighted by atomic mass is 19.1. The fourth-order valence-corrected chi connectivity index (χ4v) is 2.98. The summed E-state index contributed by atoms with van der Waals surface area (Å²) in [4.78, 5) is 18.3. The van der Waals surface area contributed by atoms with Crippen LogP contribution in [0.3, 0.4) is 0 Å². The summed E-state index contributed by atoms with van der Waals surface area (Å²) >= 11 is 0. The van der Waals surface area contributed by atoms with E-state index in [1.807, 2.05) is 30.3 Å². The van der Waals surface area contributed by atoms with Gasteiger partial charge in [-0.15, -0.1) is 0 Å². The van der Waals surface area contributed by atoms with E-state index in [0.29, 0.717) is 29.5 Å². The fraction of sp³-hybridized carbons (Fsp3) is 0.211. The van der Waals surface area contributed by atoms with Crippen molar-refractivity contribution < 1.29 is 13.7 Å². The van der Waals surface area contributed by atoms with Crippen LogP contribution < -0.4 is 4.90 Å². The minimum absolute atomic E-state index is 0.0762. The van der Waals surface area contributed by atoms with Gasteiger partial charge in [0.05, 0.1) is 5.92 Å². The molecule has 0 radical (unpaired) electrons. The zero-order valence-corrected chi connectivity index (χ0v) is 13.6. The fourth-order valence-electron chi connectivity index (χ4n) is 2.98. The van der Waals surface area contributed by atoms with Crippen molar-refractivity contribution in [1.29, 1.82) is 0 Å². The number of hydrogen-bond donors (Lipinski definition) is 0. The summed E-state index contributed by atoms with van der Waals surface area (Å²) in [7, 11) is 0. The third kappa shape index (κ3) is 2.91. The molecule has 5 nitrogen and oxygen atoms in total. The Bertz CT molecular complexity index is 923. The molecule has 25 heavy (non-hydrogen) atoms. The van der Waals surface area contributed by atoms with Gasteiger partial charge in [0.1, 0.15) is 5.82 Å². The summed E-state index contributed by atoms with van der Waals surface area (Å²) < 4.78 is 19.2. The molecule has 6 heteroatoms. The maximum Gasteiger partial charge on any atom is 0.232 e. The summed E-state index contributed by atoms with van der Waals surface area (Å²) in [6, 6.07) is 14.3. The van der Waals surface area contributed by atoms with E-state index in [2.05, 4.69) is 10.1 Å². The number of rotatable bonds is 3. The van der Waals surface area contributed by atoms with Gasteiger partial charge >= 0.3 is 0 Å². The Labute approximate surface area is 144 Å². The Morgan fingerprint density at radius 2 is 2.00 bits per heavy atom.